The van der Waals surface area contributed by atoms with Gasteiger partial charge in [-0.05, 0) is 35.0 Å². The molecule has 0 fully saturated rings. The van der Waals surface area contributed by atoms with E-state index in [0.29, 0.717) is 10.6 Å². The van der Waals surface area contributed by atoms with E-state index in [1.807, 2.05) is 0 Å². The molecule has 0 spiro atoms. The number of ether oxygens (including phenoxy) is 2. The molecular formula is C18H19NO6S4. The van der Waals surface area contributed by atoms with Crippen LogP contribution in [-0.2, 0) is 19.9 Å². The van der Waals surface area contributed by atoms with E-state index in [0.717, 1.165) is 11.3 Å². The average Bonchev–Trinajstić information content (AvgIpc) is 3.41. The van der Waals surface area contributed by atoms with E-state index in [4.69, 9.17) is 9.47 Å². The van der Waals surface area contributed by atoms with Crippen molar-refractivity contribution in [2.24, 2.45) is 0 Å². The Morgan fingerprint density at radius 1 is 0.966 bits per heavy atom. The first-order valence-corrected chi connectivity index (χ1v) is 13.1. The van der Waals surface area contributed by atoms with Crippen molar-refractivity contribution in [3.63, 3.8) is 0 Å². The highest BCUT2D eigenvalue weighted by molar-refractivity contribution is 7.94. The van der Waals surface area contributed by atoms with Gasteiger partial charge in [-0.15, -0.1) is 22.7 Å². The van der Waals surface area contributed by atoms with Crippen LogP contribution in [-0.4, -0.2) is 37.6 Å². The second-order valence-corrected chi connectivity index (χ2v) is 11.9. The quantitative estimate of drug-likeness (QED) is 0.512. The molecule has 1 N–H and O–H groups in total. The number of sulfonamides is 1. The van der Waals surface area contributed by atoms with Crippen LogP contribution >= 0.6 is 22.7 Å². The van der Waals surface area contributed by atoms with Gasteiger partial charge in [-0.25, -0.2) is 21.6 Å². The number of sulfone groups is 1. The van der Waals surface area contributed by atoms with Gasteiger partial charge >= 0.3 is 0 Å². The predicted molar refractivity (Wildman–Crippen MR) is 113 cm³/mol. The Hall–Kier alpha value is -1.92. The van der Waals surface area contributed by atoms with Crippen LogP contribution in [0.2, 0.25) is 0 Å². The Balaban J connectivity index is 1.94. The standard InChI is InChI=1S/C18H19NO6S4/c1-24-13-7-8-14(25-2)16(11-13)29(22,23)19-12-17(15-5-3-9-26-15)28(20,21)18-6-4-10-27-18/h3-11,17,19H,12H2,1-2H3. The fourth-order valence-electron chi connectivity index (χ4n) is 2.66. The van der Waals surface area contributed by atoms with Crippen LogP contribution in [0.15, 0.2) is 62.3 Å². The summed E-state index contributed by atoms with van der Waals surface area (Å²) >= 11 is 2.36. The minimum absolute atomic E-state index is 0.127. The highest BCUT2D eigenvalue weighted by atomic mass is 32.2. The number of benzene rings is 1. The van der Waals surface area contributed by atoms with Gasteiger partial charge in [0.2, 0.25) is 10.0 Å². The van der Waals surface area contributed by atoms with Gasteiger partial charge in [0.15, 0.2) is 9.84 Å². The summed E-state index contributed by atoms with van der Waals surface area (Å²) in [5.74, 6) is 0.472. The van der Waals surface area contributed by atoms with Crippen molar-refractivity contribution in [2.75, 3.05) is 20.8 Å². The zero-order valence-electron chi connectivity index (χ0n) is 15.6. The molecule has 3 aromatic rings. The normalized spacial score (nSPS) is 13.2. The summed E-state index contributed by atoms with van der Waals surface area (Å²) in [6.45, 7) is -0.316. The summed E-state index contributed by atoms with van der Waals surface area (Å²) in [7, 11) is -5.05. The summed E-state index contributed by atoms with van der Waals surface area (Å²) in [4.78, 5) is 0.427. The van der Waals surface area contributed by atoms with Gasteiger partial charge in [0.1, 0.15) is 25.9 Å². The van der Waals surface area contributed by atoms with Crippen molar-refractivity contribution < 1.29 is 26.3 Å². The van der Waals surface area contributed by atoms with E-state index >= 15 is 0 Å². The lowest BCUT2D eigenvalue weighted by Crippen LogP contribution is -2.31. The smallest absolute Gasteiger partial charge is 0.244 e. The van der Waals surface area contributed by atoms with Gasteiger partial charge in [-0.3, -0.25) is 0 Å². The molecular weight excluding hydrogens is 454 g/mol. The molecule has 0 radical (unpaired) electrons. The van der Waals surface area contributed by atoms with Crippen LogP contribution in [0.5, 0.6) is 11.5 Å². The topological polar surface area (TPSA) is 98.8 Å². The third kappa shape index (κ3) is 4.64. The van der Waals surface area contributed by atoms with Gasteiger partial charge in [0, 0.05) is 17.5 Å². The van der Waals surface area contributed by atoms with E-state index < -0.39 is 25.1 Å². The monoisotopic (exact) mass is 473 g/mol. The molecule has 29 heavy (non-hydrogen) atoms. The number of hydrogen-bond donors (Lipinski definition) is 1. The molecule has 0 aliphatic carbocycles. The van der Waals surface area contributed by atoms with E-state index in [1.165, 1.54) is 43.8 Å². The number of methoxy groups -OCH3 is 2. The molecule has 0 amide bonds. The Kier molecular flexibility index (Phi) is 6.64. The molecule has 1 atom stereocenters. The number of rotatable bonds is 9. The highest BCUT2D eigenvalue weighted by Crippen LogP contribution is 2.34. The summed E-state index contributed by atoms with van der Waals surface area (Å²) in [6, 6.07) is 11.0. The fraction of sp³-hybridized carbons (Fsp3) is 0.222. The molecule has 0 saturated carbocycles. The molecule has 2 aromatic heterocycles. The first-order chi connectivity index (χ1) is 13.8. The lowest BCUT2D eigenvalue weighted by Gasteiger charge is -2.17. The molecule has 0 aliphatic heterocycles. The van der Waals surface area contributed by atoms with Crippen LogP contribution in [0.3, 0.4) is 0 Å². The van der Waals surface area contributed by atoms with E-state index in [1.54, 1.807) is 35.0 Å². The molecule has 2 heterocycles. The van der Waals surface area contributed by atoms with Crippen molar-refractivity contribution >= 4 is 42.5 Å². The molecule has 0 saturated heterocycles. The lowest BCUT2D eigenvalue weighted by molar-refractivity contribution is 0.392. The maximum absolute atomic E-state index is 13.1. The average molecular weight is 474 g/mol. The molecule has 11 heteroatoms. The van der Waals surface area contributed by atoms with Crippen molar-refractivity contribution in [1.29, 1.82) is 0 Å². The molecule has 1 aromatic carbocycles. The first kappa shape index (κ1) is 21.8. The van der Waals surface area contributed by atoms with Crippen molar-refractivity contribution in [1.82, 2.24) is 4.72 Å². The van der Waals surface area contributed by atoms with Crippen LogP contribution in [0.1, 0.15) is 10.1 Å². The highest BCUT2D eigenvalue weighted by Gasteiger charge is 2.33. The van der Waals surface area contributed by atoms with Crippen molar-refractivity contribution in [3.05, 3.63) is 58.1 Å². The molecule has 3 rings (SSSR count). The summed E-state index contributed by atoms with van der Waals surface area (Å²) in [5, 5.41) is 2.38. The lowest BCUT2D eigenvalue weighted by atomic mass is 10.3. The van der Waals surface area contributed by atoms with Crippen molar-refractivity contribution in [3.8, 4) is 11.5 Å². The second kappa shape index (κ2) is 8.84. The van der Waals surface area contributed by atoms with Gasteiger partial charge in [0.25, 0.3) is 0 Å². The minimum Gasteiger partial charge on any atom is -0.497 e. The molecule has 1 unspecified atom stereocenters. The first-order valence-electron chi connectivity index (χ1n) is 8.32. The largest absolute Gasteiger partial charge is 0.497 e. The Bertz CT molecular complexity index is 1150. The number of nitrogens with one attached hydrogen (secondary N) is 1. The third-order valence-corrected chi connectivity index (χ3v) is 10.2. The number of hydrogen-bond acceptors (Lipinski definition) is 8. The molecule has 0 bridgehead atoms. The van der Waals surface area contributed by atoms with E-state index in [-0.39, 0.29) is 21.4 Å². The predicted octanol–water partition coefficient (Wildman–Crippen LogP) is 3.32. The number of thiophene rings is 2. The molecule has 0 aliphatic rings. The zero-order valence-corrected chi connectivity index (χ0v) is 18.8. The maximum atomic E-state index is 13.1. The second-order valence-electron chi connectivity index (χ2n) is 5.85. The minimum atomic E-state index is -4.06. The van der Waals surface area contributed by atoms with Crippen molar-refractivity contribution in [2.45, 2.75) is 14.4 Å². The zero-order chi connectivity index (χ0) is 21.1. The Labute approximate surface area is 177 Å². The van der Waals surface area contributed by atoms with Gasteiger partial charge in [0.05, 0.1) is 14.2 Å². The Morgan fingerprint density at radius 3 is 2.28 bits per heavy atom. The van der Waals surface area contributed by atoms with Gasteiger partial charge in [-0.1, -0.05) is 12.1 Å². The van der Waals surface area contributed by atoms with Gasteiger partial charge < -0.3 is 9.47 Å². The third-order valence-electron chi connectivity index (χ3n) is 4.13. The summed E-state index contributed by atoms with van der Waals surface area (Å²) in [5.41, 5.74) is 0. The SMILES string of the molecule is COc1ccc(OC)c(S(=O)(=O)NCC(c2cccs2)S(=O)(=O)c2cccs2)c1. The van der Waals surface area contributed by atoms with E-state index in [2.05, 4.69) is 4.72 Å². The summed E-state index contributed by atoms with van der Waals surface area (Å²) in [6.07, 6.45) is 0. The van der Waals surface area contributed by atoms with Gasteiger partial charge in [-0.2, -0.15) is 0 Å². The maximum Gasteiger partial charge on any atom is 0.244 e. The van der Waals surface area contributed by atoms with Crippen LogP contribution in [0.25, 0.3) is 0 Å². The van der Waals surface area contributed by atoms with Crippen LogP contribution in [0.4, 0.5) is 0 Å². The van der Waals surface area contributed by atoms with E-state index in [9.17, 15) is 16.8 Å². The summed E-state index contributed by atoms with van der Waals surface area (Å²) < 4.78 is 64.9. The Morgan fingerprint density at radius 2 is 1.69 bits per heavy atom. The van der Waals surface area contributed by atoms with Crippen LogP contribution in [0, 0.1) is 0 Å². The fourth-order valence-corrected chi connectivity index (χ4v) is 7.98. The van der Waals surface area contributed by atoms with Crippen LogP contribution < -0.4 is 14.2 Å². The molecule has 7 nitrogen and oxygen atoms in total. The molecule has 156 valence electrons.